The van der Waals surface area contributed by atoms with Crippen LogP contribution in [0.4, 0.5) is 0 Å². The smallest absolute Gasteiger partial charge is 0.343 e. The second-order valence-electron chi connectivity index (χ2n) is 3.84. The Labute approximate surface area is 99.5 Å². The number of ketones is 1. The highest BCUT2D eigenvalue weighted by Crippen LogP contribution is 2.30. The molecule has 1 aliphatic rings. The number of Topliss-reactive ketones (excluding diaryl/α,β-unsaturated/α-hetero) is 1. The van der Waals surface area contributed by atoms with Crippen molar-refractivity contribution < 1.29 is 19.1 Å². The van der Waals surface area contributed by atoms with Crippen molar-refractivity contribution in [2.24, 2.45) is 0 Å². The van der Waals surface area contributed by atoms with Gasteiger partial charge in [0.2, 0.25) is 6.10 Å². The molecule has 2 rings (SSSR count). The van der Waals surface area contributed by atoms with Crippen LogP contribution in [0, 0.1) is 0 Å². The van der Waals surface area contributed by atoms with Crippen molar-refractivity contribution in [1.29, 1.82) is 0 Å². The average Bonchev–Trinajstić information content (AvgIpc) is 2.73. The Kier molecular flexibility index (Phi) is 3.54. The van der Waals surface area contributed by atoms with Crippen molar-refractivity contribution in [1.82, 2.24) is 0 Å². The van der Waals surface area contributed by atoms with E-state index in [1.54, 1.807) is 6.92 Å². The lowest BCUT2D eigenvalue weighted by atomic mass is 10.1. The summed E-state index contributed by atoms with van der Waals surface area (Å²) in [6.45, 7) is 1.95. The van der Waals surface area contributed by atoms with Crippen molar-refractivity contribution in [3.05, 3.63) is 35.9 Å². The van der Waals surface area contributed by atoms with E-state index in [4.69, 9.17) is 9.47 Å². The van der Waals surface area contributed by atoms with Crippen molar-refractivity contribution in [2.45, 2.75) is 25.6 Å². The molecule has 0 N–H and O–H groups in total. The number of esters is 1. The van der Waals surface area contributed by atoms with E-state index >= 15 is 0 Å². The molecule has 0 saturated carbocycles. The van der Waals surface area contributed by atoms with Crippen LogP contribution in [0.5, 0.6) is 0 Å². The molecule has 0 aliphatic carbocycles. The summed E-state index contributed by atoms with van der Waals surface area (Å²) in [6, 6.07) is 9.40. The molecule has 1 aromatic carbocycles. The third-order valence-corrected chi connectivity index (χ3v) is 2.65. The van der Waals surface area contributed by atoms with Crippen LogP contribution < -0.4 is 0 Å². The van der Waals surface area contributed by atoms with E-state index in [9.17, 15) is 9.59 Å². The standard InChI is InChI=1S/C13H14O4/c1-2-16-13(15)12-10(14)8-11(17-12)9-6-4-3-5-7-9/h3-7,11-12H,2,8H2,1H3/t11-,12?/m1/s1. The van der Waals surface area contributed by atoms with E-state index in [0.717, 1.165) is 5.56 Å². The lowest BCUT2D eigenvalue weighted by molar-refractivity contribution is -0.158. The Morgan fingerprint density at radius 3 is 2.76 bits per heavy atom. The van der Waals surface area contributed by atoms with Crippen molar-refractivity contribution >= 4 is 11.8 Å². The molecular formula is C13H14O4. The van der Waals surface area contributed by atoms with Crippen LogP contribution in [0.25, 0.3) is 0 Å². The molecule has 0 spiro atoms. The molecule has 4 nitrogen and oxygen atoms in total. The maximum Gasteiger partial charge on any atom is 0.343 e. The van der Waals surface area contributed by atoms with E-state index < -0.39 is 12.1 Å². The normalized spacial score (nSPS) is 23.7. The SMILES string of the molecule is CCOC(=O)C1O[C@@H](c2ccccc2)CC1=O. The zero-order chi connectivity index (χ0) is 12.3. The monoisotopic (exact) mass is 234 g/mol. The van der Waals surface area contributed by atoms with Gasteiger partial charge in [0.1, 0.15) is 0 Å². The Morgan fingerprint density at radius 1 is 1.41 bits per heavy atom. The second kappa shape index (κ2) is 5.10. The first kappa shape index (κ1) is 11.8. The minimum absolute atomic E-state index is 0.211. The number of carbonyl (C=O) groups excluding carboxylic acids is 2. The third kappa shape index (κ3) is 2.53. The molecule has 0 aromatic heterocycles. The van der Waals surface area contributed by atoms with E-state index in [-0.39, 0.29) is 24.9 Å². The maximum atomic E-state index is 11.6. The molecule has 1 saturated heterocycles. The molecule has 1 aliphatic heterocycles. The average molecular weight is 234 g/mol. The molecule has 2 atom stereocenters. The maximum absolute atomic E-state index is 11.6. The van der Waals surface area contributed by atoms with Crippen LogP contribution in [0.3, 0.4) is 0 Å². The van der Waals surface area contributed by atoms with Crippen LogP contribution >= 0.6 is 0 Å². The molecule has 1 heterocycles. The second-order valence-corrected chi connectivity index (χ2v) is 3.84. The zero-order valence-corrected chi connectivity index (χ0v) is 9.59. The van der Waals surface area contributed by atoms with Gasteiger partial charge in [-0.05, 0) is 12.5 Å². The van der Waals surface area contributed by atoms with E-state index in [2.05, 4.69) is 0 Å². The van der Waals surface area contributed by atoms with Gasteiger partial charge in [0, 0.05) is 6.42 Å². The van der Waals surface area contributed by atoms with Crippen molar-refractivity contribution in [2.75, 3.05) is 6.61 Å². The van der Waals surface area contributed by atoms with Gasteiger partial charge in [0.15, 0.2) is 5.78 Å². The lowest BCUT2D eigenvalue weighted by Gasteiger charge is -2.11. The summed E-state index contributed by atoms with van der Waals surface area (Å²) >= 11 is 0. The van der Waals surface area contributed by atoms with Gasteiger partial charge >= 0.3 is 5.97 Å². The molecule has 0 radical (unpaired) electrons. The van der Waals surface area contributed by atoms with Crippen LogP contribution in [0.15, 0.2) is 30.3 Å². The van der Waals surface area contributed by atoms with Gasteiger partial charge in [-0.3, -0.25) is 4.79 Å². The molecule has 1 fully saturated rings. The molecule has 17 heavy (non-hydrogen) atoms. The highest BCUT2D eigenvalue weighted by atomic mass is 16.6. The lowest BCUT2D eigenvalue weighted by Crippen LogP contribution is -2.28. The predicted octanol–water partition coefficient (Wildman–Crippen LogP) is 1.65. The fourth-order valence-corrected chi connectivity index (χ4v) is 1.85. The summed E-state index contributed by atoms with van der Waals surface area (Å²) in [7, 11) is 0. The summed E-state index contributed by atoms with van der Waals surface area (Å²) in [5, 5.41) is 0. The number of hydrogen-bond donors (Lipinski definition) is 0. The predicted molar refractivity (Wildman–Crippen MR) is 60.3 cm³/mol. The van der Waals surface area contributed by atoms with E-state index in [1.807, 2.05) is 30.3 Å². The largest absolute Gasteiger partial charge is 0.464 e. The highest BCUT2D eigenvalue weighted by Gasteiger charge is 2.39. The molecule has 90 valence electrons. The van der Waals surface area contributed by atoms with Gasteiger partial charge in [0.05, 0.1) is 12.7 Å². The number of carbonyl (C=O) groups is 2. The van der Waals surface area contributed by atoms with Crippen LogP contribution in [0.2, 0.25) is 0 Å². The third-order valence-electron chi connectivity index (χ3n) is 2.65. The summed E-state index contributed by atoms with van der Waals surface area (Å²) in [6.07, 6.45) is -1.16. The molecule has 1 aromatic rings. The summed E-state index contributed by atoms with van der Waals surface area (Å²) in [5.74, 6) is -0.798. The van der Waals surface area contributed by atoms with Gasteiger partial charge < -0.3 is 9.47 Å². The van der Waals surface area contributed by atoms with Gasteiger partial charge in [-0.25, -0.2) is 4.79 Å². The summed E-state index contributed by atoms with van der Waals surface area (Å²) in [5.41, 5.74) is 0.910. The first-order chi connectivity index (χ1) is 8.22. The minimum Gasteiger partial charge on any atom is -0.464 e. The first-order valence-electron chi connectivity index (χ1n) is 5.62. The van der Waals surface area contributed by atoms with Crippen LogP contribution in [0.1, 0.15) is 25.0 Å². The van der Waals surface area contributed by atoms with Gasteiger partial charge in [-0.2, -0.15) is 0 Å². The fourth-order valence-electron chi connectivity index (χ4n) is 1.85. The molecule has 4 heteroatoms. The van der Waals surface area contributed by atoms with Gasteiger partial charge in [0.25, 0.3) is 0 Å². The number of hydrogen-bond acceptors (Lipinski definition) is 4. The van der Waals surface area contributed by atoms with E-state index in [0.29, 0.717) is 0 Å². The van der Waals surface area contributed by atoms with Crippen molar-refractivity contribution in [3.8, 4) is 0 Å². The molecular weight excluding hydrogens is 220 g/mol. The quantitative estimate of drug-likeness (QED) is 0.589. The van der Waals surface area contributed by atoms with Crippen molar-refractivity contribution in [3.63, 3.8) is 0 Å². The Morgan fingerprint density at radius 2 is 2.12 bits per heavy atom. The van der Waals surface area contributed by atoms with Crippen LogP contribution in [-0.4, -0.2) is 24.5 Å². The van der Waals surface area contributed by atoms with Gasteiger partial charge in [-0.1, -0.05) is 30.3 Å². The topological polar surface area (TPSA) is 52.6 Å². The Hall–Kier alpha value is -1.68. The number of benzene rings is 1. The first-order valence-corrected chi connectivity index (χ1v) is 5.62. The Balaban J connectivity index is 2.07. The van der Waals surface area contributed by atoms with Crippen LogP contribution in [-0.2, 0) is 19.1 Å². The van der Waals surface area contributed by atoms with Gasteiger partial charge in [-0.15, -0.1) is 0 Å². The molecule has 1 unspecified atom stereocenters. The summed E-state index contributed by atoms with van der Waals surface area (Å²) in [4.78, 5) is 23.1. The molecule has 0 bridgehead atoms. The fraction of sp³-hybridized carbons (Fsp3) is 0.385. The van der Waals surface area contributed by atoms with E-state index in [1.165, 1.54) is 0 Å². The number of rotatable bonds is 3. The minimum atomic E-state index is -1.06. The summed E-state index contributed by atoms with van der Waals surface area (Å²) < 4.78 is 10.2. The number of ether oxygens (including phenoxy) is 2. The molecule has 0 amide bonds. The highest BCUT2D eigenvalue weighted by molar-refractivity contribution is 6.03. The zero-order valence-electron chi connectivity index (χ0n) is 9.59. The Bertz CT molecular complexity index is 413.